The summed E-state index contributed by atoms with van der Waals surface area (Å²) in [6.45, 7) is 2.26. The number of unbranched alkanes of at least 4 members (excludes halogenated alkanes) is 2. The lowest BCUT2D eigenvalue weighted by atomic mass is 9.77. The molecule has 0 spiro atoms. The Morgan fingerprint density at radius 2 is 1.60 bits per heavy atom. The van der Waals surface area contributed by atoms with Crippen molar-refractivity contribution in [3.05, 3.63) is 65.2 Å². The molecule has 0 aliphatic heterocycles. The highest BCUT2D eigenvalue weighted by molar-refractivity contribution is 6.03. The number of carbonyl (C=O) groups is 1. The third-order valence-corrected chi connectivity index (χ3v) is 6.89. The molecule has 2 aromatic rings. The second-order valence-corrected chi connectivity index (χ2v) is 8.91. The van der Waals surface area contributed by atoms with Crippen LogP contribution in [0.3, 0.4) is 0 Å². The highest BCUT2D eigenvalue weighted by Gasteiger charge is 2.42. The van der Waals surface area contributed by atoms with Crippen molar-refractivity contribution in [3.8, 4) is 11.1 Å². The van der Waals surface area contributed by atoms with Gasteiger partial charge in [0, 0.05) is 5.56 Å². The average Bonchev–Trinajstić information content (AvgIpc) is 2.77. The fraction of sp³-hybridized carbons (Fsp3) is 0.444. The van der Waals surface area contributed by atoms with Crippen molar-refractivity contribution in [1.82, 2.24) is 0 Å². The molecule has 0 N–H and O–H groups in total. The van der Waals surface area contributed by atoms with E-state index in [1.54, 1.807) is 12.1 Å². The van der Waals surface area contributed by atoms with Crippen molar-refractivity contribution in [1.29, 1.82) is 0 Å². The lowest BCUT2D eigenvalue weighted by Crippen LogP contribution is -2.27. The van der Waals surface area contributed by atoms with E-state index in [4.69, 9.17) is 0 Å². The zero-order chi connectivity index (χ0) is 21.1. The second kappa shape index (κ2) is 8.83. The minimum atomic E-state index is -3.43. The van der Waals surface area contributed by atoms with Gasteiger partial charge in [0.25, 0.3) is 0 Å². The number of alkyl halides is 2. The maximum absolute atomic E-state index is 14.1. The predicted octanol–water partition coefficient (Wildman–Crippen LogP) is 7.90. The lowest BCUT2D eigenvalue weighted by Gasteiger charge is -2.29. The van der Waals surface area contributed by atoms with Gasteiger partial charge in [-0.25, -0.2) is 0 Å². The Bertz CT molecular complexity index is 918. The maximum Gasteiger partial charge on any atom is 0.334 e. The molecule has 2 aliphatic carbocycles. The van der Waals surface area contributed by atoms with Gasteiger partial charge in [0.1, 0.15) is 0 Å². The van der Waals surface area contributed by atoms with Gasteiger partial charge < -0.3 is 0 Å². The Hall–Kier alpha value is -2.29. The van der Waals surface area contributed by atoms with Gasteiger partial charge >= 0.3 is 5.92 Å². The molecule has 0 radical (unpaired) electrons. The van der Waals surface area contributed by atoms with Gasteiger partial charge in [-0.15, -0.1) is 0 Å². The molecular weight excluding hydrogens is 378 g/mol. The first-order valence-corrected chi connectivity index (χ1v) is 11.3. The molecule has 0 bridgehead atoms. The van der Waals surface area contributed by atoms with Crippen LogP contribution in [0.15, 0.2) is 48.5 Å². The van der Waals surface area contributed by atoms with Crippen molar-refractivity contribution in [2.75, 3.05) is 0 Å². The van der Waals surface area contributed by atoms with Crippen LogP contribution in [0, 0.1) is 5.92 Å². The van der Waals surface area contributed by atoms with E-state index in [1.165, 1.54) is 69.1 Å². The van der Waals surface area contributed by atoms with Crippen molar-refractivity contribution in [2.24, 2.45) is 5.92 Å². The molecule has 30 heavy (non-hydrogen) atoms. The van der Waals surface area contributed by atoms with Crippen molar-refractivity contribution in [3.63, 3.8) is 0 Å². The Balaban J connectivity index is 1.43. The first-order valence-electron chi connectivity index (χ1n) is 11.3. The maximum atomic E-state index is 14.1. The van der Waals surface area contributed by atoms with Crippen LogP contribution in [0.2, 0.25) is 0 Å². The zero-order valence-electron chi connectivity index (χ0n) is 17.7. The summed E-state index contributed by atoms with van der Waals surface area (Å²) >= 11 is 0. The van der Waals surface area contributed by atoms with Gasteiger partial charge in [-0.2, -0.15) is 8.78 Å². The molecule has 0 aromatic heterocycles. The topological polar surface area (TPSA) is 17.1 Å². The van der Waals surface area contributed by atoms with Crippen LogP contribution < -0.4 is 0 Å². The molecule has 0 heterocycles. The van der Waals surface area contributed by atoms with E-state index in [0.717, 1.165) is 23.1 Å². The Morgan fingerprint density at radius 1 is 0.900 bits per heavy atom. The highest BCUT2D eigenvalue weighted by Crippen LogP contribution is 2.40. The first-order chi connectivity index (χ1) is 14.5. The van der Waals surface area contributed by atoms with E-state index in [-0.39, 0.29) is 5.56 Å². The van der Waals surface area contributed by atoms with Crippen LogP contribution in [-0.4, -0.2) is 5.78 Å². The van der Waals surface area contributed by atoms with Crippen molar-refractivity contribution in [2.45, 2.75) is 70.1 Å². The van der Waals surface area contributed by atoms with Crippen LogP contribution in [0.25, 0.3) is 17.2 Å². The van der Waals surface area contributed by atoms with Crippen molar-refractivity contribution >= 4 is 11.9 Å². The summed E-state index contributed by atoms with van der Waals surface area (Å²) in [5, 5.41) is 0. The summed E-state index contributed by atoms with van der Waals surface area (Å²) in [4.78, 5) is 11.5. The van der Waals surface area contributed by atoms with Gasteiger partial charge in [-0.05, 0) is 71.9 Å². The summed E-state index contributed by atoms with van der Waals surface area (Å²) in [5.41, 5.74) is 3.52. The number of hydrogen-bond acceptors (Lipinski definition) is 1. The summed E-state index contributed by atoms with van der Waals surface area (Å²) in [6, 6.07) is 13.4. The number of carbonyl (C=O) groups excluding carboxylic acids is 1. The van der Waals surface area contributed by atoms with Gasteiger partial charge in [0.05, 0.1) is 0 Å². The van der Waals surface area contributed by atoms with Crippen LogP contribution in [0.5, 0.6) is 0 Å². The first kappa shape index (κ1) is 21.0. The highest BCUT2D eigenvalue weighted by atomic mass is 19.3. The molecule has 3 heteroatoms. The molecule has 4 rings (SSSR count). The minimum Gasteiger partial charge on any atom is -0.288 e. The molecule has 158 valence electrons. The Morgan fingerprint density at radius 3 is 2.30 bits per heavy atom. The second-order valence-electron chi connectivity index (χ2n) is 8.91. The molecule has 2 aromatic carbocycles. The average molecular weight is 409 g/mol. The molecule has 2 aliphatic rings. The summed E-state index contributed by atoms with van der Waals surface area (Å²) < 4.78 is 28.2. The van der Waals surface area contributed by atoms with Gasteiger partial charge in [-0.1, -0.05) is 75.1 Å². The summed E-state index contributed by atoms with van der Waals surface area (Å²) in [7, 11) is 0. The molecule has 1 nitrogen and oxygen atoms in total. The van der Waals surface area contributed by atoms with Crippen LogP contribution in [0.4, 0.5) is 8.78 Å². The molecule has 0 unspecified atom stereocenters. The van der Waals surface area contributed by atoms with E-state index in [2.05, 4.69) is 31.2 Å². The number of rotatable bonds is 6. The molecule has 0 amide bonds. The normalized spacial score (nSPS) is 22.7. The molecule has 1 fully saturated rings. The standard InChI is InChI=1S/C27H30F2O/c1-2-3-4-5-19-6-8-20(9-7-19)21-10-12-22(13-11-21)23-14-16-25-24(18-23)15-17-26(30)27(25,28)29/h10-20H,2-9H2,1H3. The Kier molecular flexibility index (Phi) is 6.17. The molecule has 0 saturated heterocycles. The van der Waals surface area contributed by atoms with E-state index in [9.17, 15) is 13.6 Å². The number of halogens is 2. The number of benzene rings is 2. The monoisotopic (exact) mass is 408 g/mol. The summed E-state index contributed by atoms with van der Waals surface area (Å²) in [6.07, 6.45) is 13.1. The van der Waals surface area contributed by atoms with Gasteiger partial charge in [0.15, 0.2) is 0 Å². The zero-order valence-corrected chi connectivity index (χ0v) is 17.7. The predicted molar refractivity (Wildman–Crippen MR) is 119 cm³/mol. The fourth-order valence-corrected chi connectivity index (χ4v) is 4.98. The fourth-order valence-electron chi connectivity index (χ4n) is 4.98. The van der Waals surface area contributed by atoms with E-state index < -0.39 is 11.7 Å². The summed E-state index contributed by atoms with van der Waals surface area (Å²) in [5.74, 6) is -3.03. The lowest BCUT2D eigenvalue weighted by molar-refractivity contribution is -0.139. The molecule has 0 atom stereocenters. The third kappa shape index (κ3) is 4.26. The smallest absolute Gasteiger partial charge is 0.288 e. The van der Waals surface area contributed by atoms with Gasteiger partial charge in [-0.3, -0.25) is 4.79 Å². The van der Waals surface area contributed by atoms with Crippen LogP contribution in [0.1, 0.15) is 80.9 Å². The number of fused-ring (bicyclic) bond motifs is 1. The van der Waals surface area contributed by atoms with E-state index in [0.29, 0.717) is 11.5 Å². The SMILES string of the molecule is CCCCCC1CCC(c2ccc(-c3ccc4c(c3)C=CC(=O)C4(F)F)cc2)CC1. The largest absolute Gasteiger partial charge is 0.334 e. The van der Waals surface area contributed by atoms with E-state index in [1.807, 2.05) is 0 Å². The number of hydrogen-bond donors (Lipinski definition) is 0. The van der Waals surface area contributed by atoms with Crippen LogP contribution in [-0.2, 0) is 10.7 Å². The van der Waals surface area contributed by atoms with Crippen molar-refractivity contribution < 1.29 is 13.6 Å². The number of ketones is 1. The Labute approximate surface area is 178 Å². The third-order valence-electron chi connectivity index (χ3n) is 6.89. The van der Waals surface area contributed by atoms with Crippen LogP contribution >= 0.6 is 0 Å². The number of allylic oxidation sites excluding steroid dienone is 1. The molecular formula is C27H30F2O. The van der Waals surface area contributed by atoms with E-state index >= 15 is 0 Å². The van der Waals surface area contributed by atoms with Gasteiger partial charge in [0.2, 0.25) is 5.78 Å². The quantitative estimate of drug-likeness (QED) is 0.444. The minimum absolute atomic E-state index is 0.203. The molecule has 1 saturated carbocycles.